The number of nitrogens with zero attached hydrogens (tertiary/aromatic N) is 2. The van der Waals surface area contributed by atoms with Crippen LogP contribution in [0, 0.1) is 0 Å². The molecule has 0 radical (unpaired) electrons. The van der Waals surface area contributed by atoms with Gasteiger partial charge in [0.25, 0.3) is 0 Å². The third kappa shape index (κ3) is 3.14. The summed E-state index contributed by atoms with van der Waals surface area (Å²) in [5.41, 5.74) is 6.44. The summed E-state index contributed by atoms with van der Waals surface area (Å²) in [7, 11) is 0. The molecule has 0 atom stereocenters. The minimum Gasteiger partial charge on any atom is -0.394 e. The summed E-state index contributed by atoms with van der Waals surface area (Å²) in [5, 5.41) is 30.1. The number of hydrogen-bond donors (Lipinski definition) is 7. The van der Waals surface area contributed by atoms with Gasteiger partial charge in [0.05, 0.1) is 19.8 Å². The molecule has 0 aliphatic rings. The lowest BCUT2D eigenvalue weighted by molar-refractivity contribution is 0.0831. The molecule has 0 saturated carbocycles. The molecule has 0 amide bonds. The first-order valence-corrected chi connectivity index (χ1v) is 4.81. The Bertz CT molecular complexity index is 362. The second-order valence-electron chi connectivity index (χ2n) is 3.52. The maximum Gasteiger partial charge on any atom is 0.223 e. The zero-order chi connectivity index (χ0) is 12.9. The second-order valence-corrected chi connectivity index (χ2v) is 3.52. The van der Waals surface area contributed by atoms with E-state index >= 15 is 0 Å². The molecular formula is C8H16N6O3. The maximum absolute atomic E-state index is 9.14. The van der Waals surface area contributed by atoms with Crippen molar-refractivity contribution in [1.29, 1.82) is 0 Å². The van der Waals surface area contributed by atoms with Crippen molar-refractivity contribution < 1.29 is 15.3 Å². The van der Waals surface area contributed by atoms with Crippen LogP contribution in [-0.2, 0) is 0 Å². The molecule has 0 bridgehead atoms. The van der Waals surface area contributed by atoms with Crippen LogP contribution in [0.2, 0.25) is 0 Å². The van der Waals surface area contributed by atoms with E-state index in [9.17, 15) is 0 Å². The van der Waals surface area contributed by atoms with Gasteiger partial charge in [-0.1, -0.05) is 0 Å². The normalized spacial score (nSPS) is 11.3. The third-order valence-electron chi connectivity index (χ3n) is 2.19. The van der Waals surface area contributed by atoms with Crippen molar-refractivity contribution >= 4 is 17.6 Å². The molecule has 9 heteroatoms. The highest BCUT2D eigenvalue weighted by atomic mass is 16.3. The van der Waals surface area contributed by atoms with Gasteiger partial charge in [-0.3, -0.25) is 0 Å². The Morgan fingerprint density at radius 1 is 1.12 bits per heavy atom. The molecule has 0 saturated heterocycles. The fraction of sp³-hybridized carbons (Fsp3) is 0.500. The van der Waals surface area contributed by atoms with Crippen LogP contribution < -0.4 is 22.3 Å². The van der Waals surface area contributed by atoms with Crippen LogP contribution in [0.15, 0.2) is 6.07 Å². The first-order chi connectivity index (χ1) is 8.09. The minimum atomic E-state index is -1.29. The molecule has 0 spiro atoms. The predicted molar refractivity (Wildman–Crippen MR) is 61.9 cm³/mol. The van der Waals surface area contributed by atoms with Crippen LogP contribution in [0.4, 0.5) is 17.6 Å². The molecule has 0 aromatic carbocycles. The van der Waals surface area contributed by atoms with Crippen LogP contribution in [0.25, 0.3) is 0 Å². The molecule has 9 N–H and O–H groups in total. The van der Waals surface area contributed by atoms with Crippen LogP contribution in [0.1, 0.15) is 0 Å². The van der Waals surface area contributed by atoms with E-state index in [1.165, 1.54) is 6.07 Å². The lowest BCUT2D eigenvalue weighted by Gasteiger charge is -2.29. The average molecular weight is 244 g/mol. The number of hydrogen-bond acceptors (Lipinski definition) is 9. The number of aromatic nitrogens is 2. The second kappa shape index (κ2) is 5.59. The number of hydrazine groups is 1. The fourth-order valence-electron chi connectivity index (χ4n) is 1.14. The van der Waals surface area contributed by atoms with E-state index in [0.717, 1.165) is 0 Å². The molecule has 1 rings (SSSR count). The SMILES string of the molecule is NNc1cc(NC(CO)(CO)CO)nc(N)n1. The number of rotatable bonds is 6. The van der Waals surface area contributed by atoms with Crippen molar-refractivity contribution in [2.45, 2.75) is 5.54 Å². The topological polar surface area (TPSA) is 163 Å². The number of nitrogens with one attached hydrogen (secondary N) is 2. The number of nitrogens with two attached hydrogens (primary N) is 2. The number of nitrogen functional groups attached to an aromatic ring is 2. The molecule has 0 aliphatic carbocycles. The predicted octanol–water partition coefficient (Wildman–Crippen LogP) is -2.53. The molecular weight excluding hydrogens is 228 g/mol. The van der Waals surface area contributed by atoms with E-state index < -0.39 is 25.4 Å². The van der Waals surface area contributed by atoms with Gasteiger partial charge in [0.1, 0.15) is 17.2 Å². The highest BCUT2D eigenvalue weighted by Crippen LogP contribution is 2.16. The Morgan fingerprint density at radius 2 is 1.65 bits per heavy atom. The van der Waals surface area contributed by atoms with E-state index in [1.54, 1.807) is 0 Å². The van der Waals surface area contributed by atoms with E-state index in [1.807, 2.05) is 0 Å². The Morgan fingerprint density at radius 3 is 2.12 bits per heavy atom. The summed E-state index contributed by atoms with van der Waals surface area (Å²) >= 11 is 0. The van der Waals surface area contributed by atoms with Crippen molar-refractivity contribution in [1.82, 2.24) is 9.97 Å². The summed E-state index contributed by atoms with van der Waals surface area (Å²) in [6, 6.07) is 1.42. The van der Waals surface area contributed by atoms with Crippen molar-refractivity contribution in [2.75, 3.05) is 36.3 Å². The van der Waals surface area contributed by atoms with Gasteiger partial charge < -0.3 is 31.8 Å². The van der Waals surface area contributed by atoms with Gasteiger partial charge in [0.15, 0.2) is 0 Å². The van der Waals surface area contributed by atoms with Gasteiger partial charge in [0, 0.05) is 6.07 Å². The zero-order valence-corrected chi connectivity index (χ0v) is 9.09. The van der Waals surface area contributed by atoms with E-state index in [-0.39, 0.29) is 17.6 Å². The largest absolute Gasteiger partial charge is 0.394 e. The Kier molecular flexibility index (Phi) is 4.40. The Balaban J connectivity index is 2.96. The molecule has 17 heavy (non-hydrogen) atoms. The van der Waals surface area contributed by atoms with Crippen LogP contribution >= 0.6 is 0 Å². The van der Waals surface area contributed by atoms with Crippen molar-refractivity contribution in [3.8, 4) is 0 Å². The van der Waals surface area contributed by atoms with Crippen molar-refractivity contribution in [2.24, 2.45) is 5.84 Å². The van der Waals surface area contributed by atoms with Crippen LogP contribution in [-0.4, -0.2) is 50.6 Å². The summed E-state index contributed by atoms with van der Waals surface area (Å²) in [6.45, 7) is -1.43. The third-order valence-corrected chi connectivity index (χ3v) is 2.19. The van der Waals surface area contributed by atoms with Gasteiger partial charge in [-0.2, -0.15) is 9.97 Å². The summed E-state index contributed by atoms with van der Waals surface area (Å²) < 4.78 is 0. The average Bonchev–Trinajstić information content (AvgIpc) is 2.35. The van der Waals surface area contributed by atoms with Gasteiger partial charge in [0.2, 0.25) is 5.95 Å². The Hall–Kier alpha value is -1.68. The summed E-state index contributed by atoms with van der Waals surface area (Å²) in [4.78, 5) is 7.60. The van der Waals surface area contributed by atoms with Crippen LogP contribution in [0.5, 0.6) is 0 Å². The van der Waals surface area contributed by atoms with Gasteiger partial charge in [-0.05, 0) is 0 Å². The van der Waals surface area contributed by atoms with Crippen molar-refractivity contribution in [3.63, 3.8) is 0 Å². The lowest BCUT2D eigenvalue weighted by Crippen LogP contribution is -2.49. The number of aliphatic hydroxyl groups excluding tert-OH is 3. The van der Waals surface area contributed by atoms with E-state index in [4.69, 9.17) is 26.9 Å². The lowest BCUT2D eigenvalue weighted by atomic mass is 10.0. The molecule has 0 fully saturated rings. The zero-order valence-electron chi connectivity index (χ0n) is 9.09. The first-order valence-electron chi connectivity index (χ1n) is 4.81. The maximum atomic E-state index is 9.14. The van der Waals surface area contributed by atoms with Crippen molar-refractivity contribution in [3.05, 3.63) is 6.07 Å². The molecule has 1 aromatic rings. The highest BCUT2D eigenvalue weighted by Gasteiger charge is 2.28. The number of aliphatic hydroxyl groups is 3. The summed E-state index contributed by atoms with van der Waals surface area (Å²) in [6.07, 6.45) is 0. The summed E-state index contributed by atoms with van der Waals surface area (Å²) in [5.74, 6) is 5.63. The molecule has 9 nitrogen and oxygen atoms in total. The molecule has 0 aliphatic heterocycles. The van der Waals surface area contributed by atoms with Gasteiger partial charge >= 0.3 is 0 Å². The van der Waals surface area contributed by atoms with Gasteiger partial charge in [-0.15, -0.1) is 0 Å². The number of anilines is 3. The smallest absolute Gasteiger partial charge is 0.223 e. The van der Waals surface area contributed by atoms with Gasteiger partial charge in [-0.25, -0.2) is 5.84 Å². The first kappa shape index (κ1) is 13.4. The quantitative estimate of drug-likeness (QED) is 0.211. The Labute approximate surface area is 97.5 Å². The van der Waals surface area contributed by atoms with E-state index in [0.29, 0.717) is 0 Å². The molecule has 96 valence electrons. The monoisotopic (exact) mass is 244 g/mol. The standard InChI is InChI=1S/C8H16N6O3/c9-7-11-5(1-6(12-7)14-10)13-8(2-15,3-16)4-17/h1,15-17H,2-4,10H2,(H4,9,11,12,13,14). The molecule has 1 aromatic heterocycles. The molecule has 1 heterocycles. The highest BCUT2D eigenvalue weighted by molar-refractivity contribution is 5.51. The van der Waals surface area contributed by atoms with Crippen LogP contribution in [0.3, 0.4) is 0 Å². The molecule has 0 unspecified atom stereocenters. The minimum absolute atomic E-state index is 0.0364. The fourth-order valence-corrected chi connectivity index (χ4v) is 1.14. The van der Waals surface area contributed by atoms with E-state index in [2.05, 4.69) is 20.7 Å².